The second-order valence-electron chi connectivity index (χ2n) is 5.75. The molecule has 0 radical (unpaired) electrons. The van der Waals surface area contributed by atoms with Crippen molar-refractivity contribution in [2.75, 3.05) is 0 Å². The van der Waals surface area contributed by atoms with Gasteiger partial charge in [-0.25, -0.2) is 0 Å². The van der Waals surface area contributed by atoms with E-state index in [1.165, 1.54) is 43.1 Å². The van der Waals surface area contributed by atoms with Crippen LogP contribution in [0.2, 0.25) is 0 Å². The number of aromatic nitrogens is 1. The maximum atomic E-state index is 6.41. The van der Waals surface area contributed by atoms with Crippen molar-refractivity contribution < 1.29 is 0 Å². The third-order valence-electron chi connectivity index (χ3n) is 4.44. The fourth-order valence-corrected chi connectivity index (χ4v) is 3.32. The largest absolute Gasteiger partial charge is 0.324 e. The molecule has 2 nitrogen and oxygen atoms in total. The molecule has 1 heterocycles. The molecule has 3 rings (SSSR count). The van der Waals surface area contributed by atoms with Crippen molar-refractivity contribution >= 4 is 10.9 Å². The summed E-state index contributed by atoms with van der Waals surface area (Å²) in [5.41, 5.74) is 8.72. The number of nitrogens with two attached hydrogens (primary N) is 1. The third kappa shape index (κ3) is 2.79. The minimum absolute atomic E-state index is 0.147. The third-order valence-corrected chi connectivity index (χ3v) is 4.44. The smallest absolute Gasteiger partial charge is 0.0705 e. The molecule has 1 aromatic carbocycles. The topological polar surface area (TPSA) is 38.9 Å². The molecule has 1 aromatic heterocycles. The summed E-state index contributed by atoms with van der Waals surface area (Å²) in [4.78, 5) is 4.41. The van der Waals surface area contributed by atoms with Crippen LogP contribution in [0.3, 0.4) is 0 Å². The average molecular weight is 254 g/mol. The van der Waals surface area contributed by atoms with Crippen LogP contribution in [-0.2, 0) is 0 Å². The summed E-state index contributed by atoms with van der Waals surface area (Å²) in [6.07, 6.45) is 9.86. The Morgan fingerprint density at radius 2 is 2.00 bits per heavy atom. The molecular formula is C17H22N2. The molecule has 0 amide bonds. The lowest BCUT2D eigenvalue weighted by Crippen LogP contribution is -2.12. The number of hydrogen-bond acceptors (Lipinski definition) is 2. The summed E-state index contributed by atoms with van der Waals surface area (Å²) in [7, 11) is 0. The standard InChI is InChI=1S/C17H22N2/c18-16(11-10-13-5-1-2-6-13)14-7-3-9-17-15(14)8-4-12-19-17/h3-4,7-9,12-13,16H,1-2,5-6,10-11,18H2. The molecule has 1 fully saturated rings. The van der Waals surface area contributed by atoms with E-state index < -0.39 is 0 Å². The highest BCUT2D eigenvalue weighted by atomic mass is 14.7. The summed E-state index contributed by atoms with van der Waals surface area (Å²) in [6, 6.07) is 10.6. The van der Waals surface area contributed by atoms with Gasteiger partial charge < -0.3 is 5.73 Å². The first-order valence-electron chi connectivity index (χ1n) is 7.44. The van der Waals surface area contributed by atoms with Gasteiger partial charge in [0, 0.05) is 17.6 Å². The van der Waals surface area contributed by atoms with E-state index in [0.717, 1.165) is 17.9 Å². The van der Waals surface area contributed by atoms with E-state index in [-0.39, 0.29) is 6.04 Å². The van der Waals surface area contributed by atoms with Crippen molar-refractivity contribution in [3.8, 4) is 0 Å². The number of pyridine rings is 1. The molecule has 2 N–H and O–H groups in total. The van der Waals surface area contributed by atoms with E-state index in [9.17, 15) is 0 Å². The predicted molar refractivity (Wildman–Crippen MR) is 79.9 cm³/mol. The molecule has 1 saturated carbocycles. The molecule has 0 bridgehead atoms. The molecular weight excluding hydrogens is 232 g/mol. The van der Waals surface area contributed by atoms with E-state index in [2.05, 4.69) is 29.2 Å². The number of benzene rings is 1. The summed E-state index contributed by atoms with van der Waals surface area (Å²) in [6.45, 7) is 0. The maximum absolute atomic E-state index is 6.41. The zero-order chi connectivity index (χ0) is 13.1. The average Bonchev–Trinajstić information content (AvgIpc) is 2.97. The Kier molecular flexibility index (Phi) is 3.79. The van der Waals surface area contributed by atoms with Gasteiger partial charge in [0.25, 0.3) is 0 Å². The van der Waals surface area contributed by atoms with Crippen molar-refractivity contribution in [3.63, 3.8) is 0 Å². The SMILES string of the molecule is NC(CCC1CCCC1)c1cccc2ncccc12. The van der Waals surface area contributed by atoms with Crippen molar-refractivity contribution in [2.45, 2.75) is 44.6 Å². The van der Waals surface area contributed by atoms with Crippen LogP contribution in [-0.4, -0.2) is 4.98 Å². The second-order valence-corrected chi connectivity index (χ2v) is 5.75. The van der Waals surface area contributed by atoms with E-state index in [4.69, 9.17) is 5.73 Å². The first-order valence-corrected chi connectivity index (χ1v) is 7.44. The molecule has 19 heavy (non-hydrogen) atoms. The van der Waals surface area contributed by atoms with E-state index in [0.29, 0.717) is 0 Å². The fourth-order valence-electron chi connectivity index (χ4n) is 3.32. The van der Waals surface area contributed by atoms with Crippen LogP contribution in [0, 0.1) is 5.92 Å². The molecule has 0 spiro atoms. The Labute approximate surface area is 115 Å². The Morgan fingerprint density at radius 3 is 2.84 bits per heavy atom. The number of nitrogens with zero attached hydrogens (tertiary/aromatic N) is 1. The molecule has 0 aliphatic heterocycles. The van der Waals surface area contributed by atoms with E-state index >= 15 is 0 Å². The Bertz CT molecular complexity index is 538. The Hall–Kier alpha value is -1.41. The van der Waals surface area contributed by atoms with E-state index in [1.807, 2.05) is 12.3 Å². The lowest BCUT2D eigenvalue weighted by molar-refractivity contribution is 0.455. The molecule has 1 aliphatic rings. The summed E-state index contributed by atoms with van der Waals surface area (Å²) >= 11 is 0. The molecule has 2 heteroatoms. The van der Waals surface area contributed by atoms with Crippen molar-refractivity contribution in [1.29, 1.82) is 0 Å². The molecule has 1 unspecified atom stereocenters. The summed E-state index contributed by atoms with van der Waals surface area (Å²) in [5, 5.41) is 1.21. The zero-order valence-electron chi connectivity index (χ0n) is 11.4. The fraction of sp³-hybridized carbons (Fsp3) is 0.471. The van der Waals surface area contributed by atoms with E-state index in [1.54, 1.807) is 0 Å². The lowest BCUT2D eigenvalue weighted by Gasteiger charge is -2.16. The minimum atomic E-state index is 0.147. The van der Waals surface area contributed by atoms with Gasteiger partial charge in [-0.05, 0) is 36.5 Å². The van der Waals surface area contributed by atoms with Gasteiger partial charge in [0.1, 0.15) is 0 Å². The molecule has 100 valence electrons. The zero-order valence-corrected chi connectivity index (χ0v) is 11.4. The highest BCUT2D eigenvalue weighted by Gasteiger charge is 2.17. The van der Waals surface area contributed by atoms with Gasteiger partial charge in [0.15, 0.2) is 0 Å². The van der Waals surface area contributed by atoms with Gasteiger partial charge in [-0.2, -0.15) is 0 Å². The van der Waals surface area contributed by atoms with Gasteiger partial charge in [0.05, 0.1) is 5.52 Å². The molecule has 2 aromatic rings. The lowest BCUT2D eigenvalue weighted by atomic mass is 9.93. The van der Waals surface area contributed by atoms with Crippen LogP contribution in [0.15, 0.2) is 36.5 Å². The number of fused-ring (bicyclic) bond motifs is 1. The second kappa shape index (κ2) is 5.70. The van der Waals surface area contributed by atoms with Crippen LogP contribution in [0.5, 0.6) is 0 Å². The maximum Gasteiger partial charge on any atom is 0.0705 e. The van der Waals surface area contributed by atoms with Gasteiger partial charge in [-0.15, -0.1) is 0 Å². The number of hydrogen-bond donors (Lipinski definition) is 1. The molecule has 1 aliphatic carbocycles. The Morgan fingerprint density at radius 1 is 1.16 bits per heavy atom. The van der Waals surface area contributed by atoms with Crippen molar-refractivity contribution in [3.05, 3.63) is 42.1 Å². The highest BCUT2D eigenvalue weighted by Crippen LogP contribution is 2.32. The normalized spacial score (nSPS) is 17.9. The quantitative estimate of drug-likeness (QED) is 0.887. The van der Waals surface area contributed by atoms with Gasteiger partial charge in [-0.3, -0.25) is 4.98 Å². The van der Waals surface area contributed by atoms with Crippen LogP contribution in [0.25, 0.3) is 10.9 Å². The van der Waals surface area contributed by atoms with Crippen LogP contribution >= 0.6 is 0 Å². The van der Waals surface area contributed by atoms with Gasteiger partial charge in [-0.1, -0.05) is 43.9 Å². The molecule has 0 saturated heterocycles. The monoisotopic (exact) mass is 254 g/mol. The van der Waals surface area contributed by atoms with Crippen molar-refractivity contribution in [2.24, 2.45) is 11.7 Å². The highest BCUT2D eigenvalue weighted by molar-refractivity contribution is 5.82. The van der Waals surface area contributed by atoms with Crippen LogP contribution in [0.1, 0.15) is 50.1 Å². The van der Waals surface area contributed by atoms with Crippen molar-refractivity contribution in [1.82, 2.24) is 4.98 Å². The Balaban J connectivity index is 1.75. The first-order chi connectivity index (χ1) is 9.34. The summed E-state index contributed by atoms with van der Waals surface area (Å²) in [5.74, 6) is 0.916. The first kappa shape index (κ1) is 12.6. The van der Waals surface area contributed by atoms with Gasteiger partial charge >= 0.3 is 0 Å². The molecule has 1 atom stereocenters. The van der Waals surface area contributed by atoms with Gasteiger partial charge in [0.2, 0.25) is 0 Å². The summed E-state index contributed by atoms with van der Waals surface area (Å²) < 4.78 is 0. The predicted octanol–water partition coefficient (Wildman–Crippen LogP) is 4.21. The van der Waals surface area contributed by atoms with Crippen LogP contribution in [0.4, 0.5) is 0 Å². The minimum Gasteiger partial charge on any atom is -0.324 e. The van der Waals surface area contributed by atoms with Crippen LogP contribution < -0.4 is 5.73 Å². The number of rotatable bonds is 4.